The molecule has 1 fully saturated rings. The second-order valence-electron chi connectivity index (χ2n) is 8.23. The molecular weight excluding hydrogens is 462 g/mol. The Morgan fingerprint density at radius 2 is 1.94 bits per heavy atom. The largest absolute Gasteiger partial charge is 0.480 e. The van der Waals surface area contributed by atoms with Gasteiger partial charge >= 0.3 is 11.9 Å². The van der Waals surface area contributed by atoms with Gasteiger partial charge in [-0.3, -0.25) is 19.3 Å². The summed E-state index contributed by atoms with van der Waals surface area (Å²) in [6.45, 7) is 2.30. The number of rotatable bonds is 9. The summed E-state index contributed by atoms with van der Waals surface area (Å²) in [6, 6.07) is -2.23. The number of thioether (sulfide) groups is 1. The number of hydrogen-bond donors (Lipinski definition) is 6. The molecule has 34 heavy (non-hydrogen) atoms. The van der Waals surface area contributed by atoms with Crippen LogP contribution in [0, 0.1) is 0 Å². The molecule has 0 saturated carbocycles. The molecule has 9 N–H and O–H groups in total. The molecule has 0 aromatic carbocycles. The zero-order valence-corrected chi connectivity index (χ0v) is 19.9. The molecular formula is C22H33N5O6S. The number of carbonyl (C=O) groups excluding carboxylic acids is 2. The summed E-state index contributed by atoms with van der Waals surface area (Å²) in [6.07, 6.45) is 9.42. The maximum Gasteiger partial charge on any atom is 0.352 e. The molecule has 12 heteroatoms. The summed E-state index contributed by atoms with van der Waals surface area (Å²) in [5, 5.41) is 19.9. The molecule has 188 valence electrons. The summed E-state index contributed by atoms with van der Waals surface area (Å²) >= 11 is 1.45. The van der Waals surface area contributed by atoms with Gasteiger partial charge in [-0.05, 0) is 50.3 Å². The van der Waals surface area contributed by atoms with Gasteiger partial charge in [0.2, 0.25) is 5.91 Å². The normalized spacial score (nSPS) is 23.0. The number of carboxylic acid groups (broad SMARTS) is 2. The van der Waals surface area contributed by atoms with E-state index in [-0.39, 0.29) is 11.1 Å². The first kappa shape index (κ1) is 27.6. The summed E-state index contributed by atoms with van der Waals surface area (Å²) in [7, 11) is 0. The number of hydrogen-bond acceptors (Lipinski definition) is 8. The number of carbonyl (C=O) groups is 4. The number of carboxylic acids is 2. The third-order valence-electron chi connectivity index (χ3n) is 5.66. The Bertz CT molecular complexity index is 902. The summed E-state index contributed by atoms with van der Waals surface area (Å²) < 4.78 is 0. The average molecular weight is 496 g/mol. The zero-order valence-electron chi connectivity index (χ0n) is 19.1. The van der Waals surface area contributed by atoms with Crippen LogP contribution in [0.1, 0.15) is 39.0 Å². The van der Waals surface area contributed by atoms with Gasteiger partial charge in [0.1, 0.15) is 29.2 Å². The number of aliphatic carboxylic acids is 2. The Hall–Kier alpha value is -2.67. The van der Waals surface area contributed by atoms with Crippen LogP contribution in [0.4, 0.5) is 0 Å². The first-order chi connectivity index (χ1) is 16.1. The minimum absolute atomic E-state index is 0.0265. The predicted octanol–water partition coefficient (Wildman–Crippen LogP) is -0.124. The van der Waals surface area contributed by atoms with Crippen molar-refractivity contribution in [3.8, 4) is 0 Å². The van der Waals surface area contributed by atoms with Crippen molar-refractivity contribution in [1.82, 2.24) is 10.2 Å². The molecule has 3 rings (SSSR count). The lowest BCUT2D eigenvalue weighted by atomic mass is 9.97. The van der Waals surface area contributed by atoms with E-state index in [9.17, 15) is 24.3 Å². The Labute approximate surface area is 202 Å². The Morgan fingerprint density at radius 1 is 1.24 bits per heavy atom. The molecule has 1 aliphatic carbocycles. The minimum Gasteiger partial charge on any atom is -0.480 e. The lowest BCUT2D eigenvalue weighted by Crippen LogP contribution is -2.71. The van der Waals surface area contributed by atoms with Gasteiger partial charge in [-0.2, -0.15) is 0 Å². The highest BCUT2D eigenvalue weighted by Crippen LogP contribution is 2.40. The lowest BCUT2D eigenvalue weighted by molar-refractivity contribution is -0.150. The van der Waals surface area contributed by atoms with E-state index in [0.29, 0.717) is 30.7 Å². The molecule has 0 spiro atoms. The smallest absolute Gasteiger partial charge is 0.352 e. The third-order valence-corrected chi connectivity index (χ3v) is 7.09. The van der Waals surface area contributed by atoms with E-state index >= 15 is 0 Å². The molecule has 1 saturated heterocycles. The van der Waals surface area contributed by atoms with Crippen LogP contribution in [0.5, 0.6) is 0 Å². The zero-order chi connectivity index (χ0) is 25.4. The topological polar surface area (TPSA) is 202 Å². The SMILES string of the molecule is CC1=C(C(=O)O)N2C(=O)[C@@H](NC(=O)[C@H](N)C3=CCC=CC3)[C@H]2SC1.NCCCC[C@H](N)C(=O)O. The molecule has 2 aliphatic heterocycles. The van der Waals surface area contributed by atoms with Crippen molar-refractivity contribution >= 4 is 35.5 Å². The van der Waals surface area contributed by atoms with E-state index in [1.165, 1.54) is 16.7 Å². The molecule has 2 heterocycles. The Morgan fingerprint density at radius 3 is 2.50 bits per heavy atom. The average Bonchev–Trinajstić information content (AvgIpc) is 2.82. The highest BCUT2D eigenvalue weighted by Gasteiger charge is 2.53. The van der Waals surface area contributed by atoms with Crippen molar-refractivity contribution in [2.45, 2.75) is 62.5 Å². The van der Waals surface area contributed by atoms with Crippen molar-refractivity contribution < 1.29 is 29.4 Å². The van der Waals surface area contributed by atoms with Gasteiger partial charge < -0.3 is 32.7 Å². The van der Waals surface area contributed by atoms with Crippen molar-refractivity contribution in [1.29, 1.82) is 0 Å². The van der Waals surface area contributed by atoms with Crippen LogP contribution < -0.4 is 22.5 Å². The molecule has 0 bridgehead atoms. The Balaban J connectivity index is 0.000000347. The van der Waals surface area contributed by atoms with Gasteiger partial charge in [0, 0.05) is 5.75 Å². The van der Waals surface area contributed by atoms with Gasteiger partial charge in [-0.25, -0.2) is 4.79 Å². The molecule has 2 amide bonds. The second kappa shape index (κ2) is 12.7. The monoisotopic (exact) mass is 495 g/mol. The van der Waals surface area contributed by atoms with Gasteiger partial charge in [0.05, 0.1) is 0 Å². The van der Waals surface area contributed by atoms with Crippen LogP contribution in [0.3, 0.4) is 0 Å². The number of nitrogens with two attached hydrogens (primary N) is 3. The standard InChI is InChI=1S/C16H19N3O4S.C6H14N2O2/c1-8-7-24-15-11(14(21)19(15)12(8)16(22)23)18-13(20)10(17)9-5-3-2-4-6-9;7-4-2-1-3-5(8)6(9)10/h2-3,6,10-11,15H,4-5,7,17H2,1H3,(H,18,20)(H,22,23);5H,1-4,7-8H2,(H,9,10)/t10-,11-,15-;5-/m10/s1. The number of nitrogens with one attached hydrogen (secondary N) is 1. The Kier molecular flexibility index (Phi) is 10.3. The highest BCUT2D eigenvalue weighted by atomic mass is 32.2. The fraction of sp³-hybridized carbons (Fsp3) is 0.545. The maximum atomic E-state index is 12.3. The van der Waals surface area contributed by atoms with E-state index in [4.69, 9.17) is 22.3 Å². The summed E-state index contributed by atoms with van der Waals surface area (Å²) in [5.74, 6) is -2.34. The van der Waals surface area contributed by atoms with Crippen molar-refractivity contribution in [2.75, 3.05) is 12.3 Å². The number of nitrogens with zero attached hydrogens (tertiary/aromatic N) is 1. The number of amides is 2. The van der Waals surface area contributed by atoms with Crippen LogP contribution in [0.15, 0.2) is 35.1 Å². The molecule has 11 nitrogen and oxygen atoms in total. The van der Waals surface area contributed by atoms with E-state index < -0.39 is 41.9 Å². The maximum absolute atomic E-state index is 12.3. The molecule has 0 aromatic rings. The quantitative estimate of drug-likeness (QED) is 0.142. The van der Waals surface area contributed by atoms with Gasteiger partial charge in [0.25, 0.3) is 5.91 Å². The lowest BCUT2D eigenvalue weighted by Gasteiger charge is -2.49. The molecule has 0 aromatic heterocycles. The number of unbranched alkanes of at least 4 members (excludes halogenated alkanes) is 1. The van der Waals surface area contributed by atoms with Crippen LogP contribution in [-0.2, 0) is 19.2 Å². The third kappa shape index (κ3) is 6.69. The van der Waals surface area contributed by atoms with Gasteiger partial charge in [-0.15, -0.1) is 11.8 Å². The molecule has 0 radical (unpaired) electrons. The molecule has 3 aliphatic rings. The van der Waals surface area contributed by atoms with Crippen molar-refractivity contribution in [3.63, 3.8) is 0 Å². The molecule has 4 atom stereocenters. The van der Waals surface area contributed by atoms with E-state index in [1.54, 1.807) is 6.92 Å². The van der Waals surface area contributed by atoms with Gasteiger partial charge in [-0.1, -0.05) is 24.6 Å². The predicted molar refractivity (Wildman–Crippen MR) is 128 cm³/mol. The first-order valence-electron chi connectivity index (χ1n) is 11.1. The van der Waals surface area contributed by atoms with E-state index in [0.717, 1.165) is 24.8 Å². The van der Waals surface area contributed by atoms with Crippen molar-refractivity contribution in [3.05, 3.63) is 35.1 Å². The first-order valence-corrected chi connectivity index (χ1v) is 12.1. The summed E-state index contributed by atoms with van der Waals surface area (Å²) in [4.78, 5) is 47.4. The number of fused-ring (bicyclic) bond motifs is 1. The van der Waals surface area contributed by atoms with E-state index in [2.05, 4.69) is 5.32 Å². The minimum atomic E-state index is -1.12. The van der Waals surface area contributed by atoms with Crippen molar-refractivity contribution in [2.24, 2.45) is 17.2 Å². The van der Waals surface area contributed by atoms with Crippen LogP contribution in [-0.4, -0.2) is 74.7 Å². The fourth-order valence-corrected chi connectivity index (χ4v) is 4.98. The molecule has 0 unspecified atom stereocenters. The van der Waals surface area contributed by atoms with Crippen LogP contribution in [0.2, 0.25) is 0 Å². The van der Waals surface area contributed by atoms with Crippen LogP contribution in [0.25, 0.3) is 0 Å². The van der Waals surface area contributed by atoms with E-state index in [1.807, 2.05) is 18.2 Å². The number of allylic oxidation sites excluding steroid dienone is 3. The van der Waals surface area contributed by atoms with Gasteiger partial charge in [0.15, 0.2) is 0 Å². The second-order valence-corrected chi connectivity index (χ2v) is 9.33. The highest BCUT2D eigenvalue weighted by molar-refractivity contribution is 8.00. The fourth-order valence-electron chi connectivity index (χ4n) is 3.69. The van der Waals surface area contributed by atoms with Crippen LogP contribution >= 0.6 is 11.8 Å². The summed E-state index contributed by atoms with van der Waals surface area (Å²) in [5.41, 5.74) is 17.9. The number of β-lactam (4-membered cyclic amide) rings is 1.